The number of ether oxygens (including phenoxy) is 1. The Kier molecular flexibility index (Phi) is 8.33. The van der Waals surface area contributed by atoms with Crippen LogP contribution in [0.15, 0.2) is 72.8 Å². The number of fused-ring (bicyclic) bond motifs is 1. The number of carbonyl (C=O) groups is 2. The number of rotatable bonds is 8. The van der Waals surface area contributed by atoms with Gasteiger partial charge in [-0.15, -0.1) is 0 Å². The molecule has 1 N–H and O–H groups in total. The molecule has 4 aromatic rings. The third-order valence-corrected chi connectivity index (χ3v) is 9.34. The van der Waals surface area contributed by atoms with Gasteiger partial charge in [-0.05, 0) is 71.8 Å². The van der Waals surface area contributed by atoms with E-state index in [1.54, 1.807) is 12.1 Å². The van der Waals surface area contributed by atoms with E-state index in [0.29, 0.717) is 12.5 Å². The van der Waals surface area contributed by atoms with E-state index in [1.807, 2.05) is 65.2 Å². The number of carboxylic acids is 1. The van der Waals surface area contributed by atoms with Crippen molar-refractivity contribution in [3.63, 3.8) is 0 Å². The monoisotopic (exact) mass is 568 g/mol. The van der Waals surface area contributed by atoms with Crippen LogP contribution in [0.2, 0.25) is 0 Å². The Hall–Kier alpha value is -3.71. The van der Waals surface area contributed by atoms with Crippen molar-refractivity contribution in [3.8, 4) is 17.0 Å². The van der Waals surface area contributed by atoms with Gasteiger partial charge < -0.3 is 19.3 Å². The van der Waals surface area contributed by atoms with Gasteiger partial charge in [-0.1, -0.05) is 55.7 Å². The van der Waals surface area contributed by atoms with Crippen LogP contribution in [0.1, 0.15) is 59.5 Å². The van der Waals surface area contributed by atoms with E-state index in [1.165, 1.54) is 24.8 Å². The van der Waals surface area contributed by atoms with Crippen LogP contribution in [-0.4, -0.2) is 51.0 Å². The molecule has 1 aliphatic carbocycles. The van der Waals surface area contributed by atoms with E-state index in [4.69, 9.17) is 4.74 Å². The Morgan fingerprint density at radius 3 is 2.34 bits per heavy atom. The molecule has 3 aromatic carbocycles. The van der Waals surface area contributed by atoms with Crippen molar-refractivity contribution in [2.45, 2.75) is 51.2 Å². The maximum atomic E-state index is 13.6. The second-order valence-corrected chi connectivity index (χ2v) is 12.2. The molecule has 7 heteroatoms. The maximum Gasteiger partial charge on any atom is 0.335 e. The first-order chi connectivity index (χ1) is 20.1. The van der Waals surface area contributed by atoms with Crippen LogP contribution in [0.25, 0.3) is 22.2 Å². The third-order valence-electron chi connectivity index (χ3n) is 8.40. The molecular weight excluding hydrogens is 532 g/mol. The predicted molar refractivity (Wildman–Crippen MR) is 165 cm³/mol. The van der Waals surface area contributed by atoms with Crippen molar-refractivity contribution >= 4 is 34.5 Å². The van der Waals surface area contributed by atoms with Crippen molar-refractivity contribution < 1.29 is 19.4 Å². The molecule has 1 saturated carbocycles. The molecule has 0 unspecified atom stereocenters. The Morgan fingerprint density at radius 2 is 1.63 bits per heavy atom. The zero-order chi connectivity index (χ0) is 28.2. The molecule has 1 aliphatic heterocycles. The number of hydrogen-bond acceptors (Lipinski definition) is 4. The number of hydrogen-bond donors (Lipinski definition) is 1. The van der Waals surface area contributed by atoms with Crippen molar-refractivity contribution in [2.24, 2.45) is 0 Å². The van der Waals surface area contributed by atoms with Crippen LogP contribution in [0.4, 0.5) is 0 Å². The van der Waals surface area contributed by atoms with Gasteiger partial charge in [0.05, 0.1) is 16.8 Å². The summed E-state index contributed by atoms with van der Waals surface area (Å²) in [6.07, 6.45) is 5.80. The summed E-state index contributed by atoms with van der Waals surface area (Å²) in [5, 5.41) is 10.9. The van der Waals surface area contributed by atoms with Gasteiger partial charge in [0.2, 0.25) is 5.91 Å². The fourth-order valence-electron chi connectivity index (χ4n) is 6.29. The van der Waals surface area contributed by atoms with Gasteiger partial charge in [-0.3, -0.25) is 4.79 Å². The summed E-state index contributed by atoms with van der Waals surface area (Å²) in [6.45, 7) is 2.19. The molecule has 6 nitrogen and oxygen atoms in total. The molecule has 0 radical (unpaired) electrons. The second-order valence-electron chi connectivity index (χ2n) is 11.0. The summed E-state index contributed by atoms with van der Waals surface area (Å²) >= 11 is 1.88. The second kappa shape index (κ2) is 12.4. The highest BCUT2D eigenvalue weighted by molar-refractivity contribution is 7.99. The molecule has 0 bridgehead atoms. The number of benzene rings is 3. The minimum absolute atomic E-state index is 0.0854. The average molecular weight is 569 g/mol. The van der Waals surface area contributed by atoms with E-state index < -0.39 is 5.97 Å². The Labute approximate surface area is 245 Å². The lowest BCUT2D eigenvalue weighted by molar-refractivity contribution is -0.131. The summed E-state index contributed by atoms with van der Waals surface area (Å²) in [6, 6.07) is 23.7. The van der Waals surface area contributed by atoms with E-state index >= 15 is 0 Å². The number of carbonyl (C=O) groups excluding carboxylic acids is 1. The first kappa shape index (κ1) is 27.5. The van der Waals surface area contributed by atoms with Gasteiger partial charge in [0.1, 0.15) is 18.9 Å². The number of carboxylic acid groups (broad SMARTS) is 1. The summed E-state index contributed by atoms with van der Waals surface area (Å²) in [5.74, 6) is 2.18. The molecule has 2 fully saturated rings. The van der Waals surface area contributed by atoms with Crippen LogP contribution in [-0.2, 0) is 17.9 Å². The van der Waals surface area contributed by atoms with Crippen molar-refractivity contribution in [1.29, 1.82) is 0 Å². The fourth-order valence-corrected chi connectivity index (χ4v) is 7.19. The SMILES string of the molecule is O=C(O)c1ccc2c(C3CCCCC3)c(-c3ccc(OCc4ccccc4)cc3)n(CC(=O)N3CCSCC3)c2c1. The smallest absolute Gasteiger partial charge is 0.335 e. The molecule has 1 saturated heterocycles. The van der Waals surface area contributed by atoms with E-state index in [2.05, 4.69) is 16.7 Å². The minimum Gasteiger partial charge on any atom is -0.489 e. The number of nitrogens with zero attached hydrogens (tertiary/aromatic N) is 2. The van der Waals surface area contributed by atoms with Crippen molar-refractivity contribution in [1.82, 2.24) is 9.47 Å². The lowest BCUT2D eigenvalue weighted by atomic mass is 9.82. The van der Waals surface area contributed by atoms with Crippen molar-refractivity contribution in [3.05, 3.63) is 89.5 Å². The van der Waals surface area contributed by atoms with Gasteiger partial charge in [-0.25, -0.2) is 4.79 Å². The number of aromatic carboxylic acids is 1. The van der Waals surface area contributed by atoms with Crippen LogP contribution < -0.4 is 4.74 Å². The molecule has 212 valence electrons. The van der Waals surface area contributed by atoms with E-state index in [0.717, 1.165) is 70.9 Å². The molecule has 2 aliphatic rings. The van der Waals surface area contributed by atoms with Crippen LogP contribution in [0.5, 0.6) is 5.75 Å². The van der Waals surface area contributed by atoms with E-state index in [-0.39, 0.29) is 18.0 Å². The lowest BCUT2D eigenvalue weighted by Crippen LogP contribution is -2.39. The molecule has 1 aromatic heterocycles. The first-order valence-electron chi connectivity index (χ1n) is 14.6. The third kappa shape index (κ3) is 6.01. The summed E-state index contributed by atoms with van der Waals surface area (Å²) in [5.41, 5.74) is 5.47. The number of amides is 1. The average Bonchev–Trinajstić information content (AvgIpc) is 3.34. The molecule has 0 atom stereocenters. The van der Waals surface area contributed by atoms with Gasteiger partial charge in [0, 0.05) is 30.0 Å². The highest BCUT2D eigenvalue weighted by atomic mass is 32.2. The standard InChI is InChI=1S/C34H36N2O4S/c37-31(35-17-19-41-20-18-35)22-36-30-21-27(34(38)39)13-16-29(30)32(25-9-5-2-6-10-25)33(36)26-11-14-28(15-12-26)40-23-24-7-3-1-4-8-24/h1,3-4,7-8,11-16,21,25H,2,5-6,9-10,17-20,22-23H2,(H,38,39). The van der Waals surface area contributed by atoms with Gasteiger partial charge in [0.15, 0.2) is 0 Å². The normalized spacial score (nSPS) is 16.1. The van der Waals surface area contributed by atoms with Crippen molar-refractivity contribution in [2.75, 3.05) is 24.6 Å². The molecule has 6 rings (SSSR count). The van der Waals surface area contributed by atoms with Gasteiger partial charge >= 0.3 is 5.97 Å². The fraction of sp³-hybridized carbons (Fsp3) is 0.353. The highest BCUT2D eigenvalue weighted by Crippen LogP contribution is 2.44. The van der Waals surface area contributed by atoms with E-state index in [9.17, 15) is 14.7 Å². The number of aromatic nitrogens is 1. The molecule has 2 heterocycles. The van der Waals surface area contributed by atoms with Crippen LogP contribution in [0, 0.1) is 0 Å². The summed E-state index contributed by atoms with van der Waals surface area (Å²) in [7, 11) is 0. The van der Waals surface area contributed by atoms with Gasteiger partial charge in [0.25, 0.3) is 0 Å². The quantitative estimate of drug-likeness (QED) is 0.243. The summed E-state index contributed by atoms with van der Waals surface area (Å²) < 4.78 is 8.16. The van der Waals surface area contributed by atoms with Crippen LogP contribution in [0.3, 0.4) is 0 Å². The molecule has 1 amide bonds. The Bertz CT molecular complexity index is 1520. The molecule has 0 spiro atoms. The first-order valence-corrected chi connectivity index (χ1v) is 15.8. The predicted octanol–water partition coefficient (Wildman–Crippen LogP) is 7.21. The van der Waals surface area contributed by atoms with Gasteiger partial charge in [-0.2, -0.15) is 11.8 Å². The summed E-state index contributed by atoms with van der Waals surface area (Å²) in [4.78, 5) is 27.6. The maximum absolute atomic E-state index is 13.6. The number of thioether (sulfide) groups is 1. The topological polar surface area (TPSA) is 71.8 Å². The molecule has 41 heavy (non-hydrogen) atoms. The zero-order valence-electron chi connectivity index (χ0n) is 23.3. The molecular formula is C34H36N2O4S. The largest absolute Gasteiger partial charge is 0.489 e. The lowest BCUT2D eigenvalue weighted by Gasteiger charge is -2.27. The Morgan fingerprint density at radius 1 is 0.902 bits per heavy atom. The van der Waals surface area contributed by atoms with Crippen LogP contribution >= 0.6 is 11.8 Å². The highest BCUT2D eigenvalue weighted by Gasteiger charge is 2.29. The Balaban J connectivity index is 1.44. The zero-order valence-corrected chi connectivity index (χ0v) is 24.1. The minimum atomic E-state index is -0.959.